The van der Waals surface area contributed by atoms with Gasteiger partial charge in [0, 0.05) is 6.07 Å². The molecule has 0 aliphatic rings. The van der Waals surface area contributed by atoms with Gasteiger partial charge < -0.3 is 4.98 Å². The lowest BCUT2D eigenvalue weighted by molar-refractivity contribution is 0.144. The fourth-order valence-electron chi connectivity index (χ4n) is 0.681. The number of hydrogen-bond acceptors (Lipinski definition) is 1. The van der Waals surface area contributed by atoms with Crippen LogP contribution in [0.5, 0.6) is 0 Å². The molecule has 2 nitrogen and oxygen atoms in total. The molecule has 0 amide bonds. The predicted octanol–water partition coefficient (Wildman–Crippen LogP) is 2.06. The van der Waals surface area contributed by atoms with Gasteiger partial charge in [-0.15, -0.1) is 0 Å². The molecule has 1 rings (SSSR count). The molecule has 0 fully saturated rings. The van der Waals surface area contributed by atoms with Crippen molar-refractivity contribution < 1.29 is 13.2 Å². The third-order valence-electron chi connectivity index (χ3n) is 1.18. The van der Waals surface area contributed by atoms with Gasteiger partial charge in [-0.25, -0.2) is 13.2 Å². The Morgan fingerprint density at radius 2 is 2.08 bits per heavy atom. The maximum Gasteiger partial charge on any atom is 0.279 e. The van der Waals surface area contributed by atoms with E-state index >= 15 is 0 Å². The van der Waals surface area contributed by atoms with Gasteiger partial charge >= 0.3 is 0 Å². The van der Waals surface area contributed by atoms with Crippen LogP contribution in [0.3, 0.4) is 0 Å². The van der Waals surface area contributed by atoms with Crippen molar-refractivity contribution in [2.24, 2.45) is 0 Å². The van der Waals surface area contributed by atoms with Gasteiger partial charge in [-0.05, 0) is 22.6 Å². The van der Waals surface area contributed by atoms with Crippen molar-refractivity contribution in [3.8, 4) is 0 Å². The molecule has 6 heteroatoms. The summed E-state index contributed by atoms with van der Waals surface area (Å²) in [4.78, 5) is 12.4. The number of rotatable bonds is 1. The average Bonchev–Trinajstić information content (AvgIpc) is 1.96. The van der Waals surface area contributed by atoms with E-state index in [-0.39, 0.29) is 3.57 Å². The third-order valence-corrected chi connectivity index (χ3v) is 2.28. The zero-order valence-corrected chi connectivity index (χ0v) is 7.73. The molecule has 1 aromatic heterocycles. The van der Waals surface area contributed by atoms with Crippen LogP contribution in [-0.2, 0) is 0 Å². The van der Waals surface area contributed by atoms with Crippen molar-refractivity contribution >= 4 is 22.6 Å². The SMILES string of the molecule is O=c1cc(F)c(I)c(C(F)F)[nH]1. The summed E-state index contributed by atoms with van der Waals surface area (Å²) >= 11 is 1.41. The van der Waals surface area contributed by atoms with E-state index in [9.17, 15) is 18.0 Å². The fourth-order valence-corrected chi connectivity index (χ4v) is 1.21. The molecule has 0 saturated carbocycles. The Bertz CT molecular complexity index is 349. The Morgan fingerprint density at radius 1 is 1.50 bits per heavy atom. The molecule has 0 atom stereocenters. The average molecular weight is 289 g/mol. The van der Waals surface area contributed by atoms with E-state index in [0.717, 1.165) is 0 Å². The van der Waals surface area contributed by atoms with Crippen LogP contribution in [-0.4, -0.2) is 4.98 Å². The Labute approximate surface area is 78.9 Å². The number of nitrogens with one attached hydrogen (secondary N) is 1. The van der Waals surface area contributed by atoms with Gasteiger partial charge in [0.1, 0.15) is 11.5 Å². The lowest BCUT2D eigenvalue weighted by Crippen LogP contribution is -2.11. The number of aromatic amines is 1. The highest BCUT2D eigenvalue weighted by Gasteiger charge is 2.15. The molecule has 0 bridgehead atoms. The Kier molecular flexibility index (Phi) is 2.76. The molecule has 0 spiro atoms. The Morgan fingerprint density at radius 3 is 2.58 bits per heavy atom. The molecule has 66 valence electrons. The van der Waals surface area contributed by atoms with E-state index in [0.29, 0.717) is 6.07 Å². The highest BCUT2D eigenvalue weighted by atomic mass is 127. The largest absolute Gasteiger partial charge is 0.320 e. The predicted molar refractivity (Wildman–Crippen MR) is 44.7 cm³/mol. The maximum absolute atomic E-state index is 12.6. The zero-order valence-electron chi connectivity index (χ0n) is 5.57. The minimum atomic E-state index is -2.86. The van der Waals surface area contributed by atoms with Crippen LogP contribution >= 0.6 is 22.6 Å². The number of aromatic nitrogens is 1. The molecule has 0 saturated heterocycles. The second-order valence-electron chi connectivity index (χ2n) is 2.01. The lowest BCUT2D eigenvalue weighted by Gasteiger charge is -2.02. The van der Waals surface area contributed by atoms with E-state index in [4.69, 9.17) is 0 Å². The van der Waals surface area contributed by atoms with Crippen molar-refractivity contribution in [1.82, 2.24) is 4.98 Å². The molecule has 0 aliphatic heterocycles. The molecule has 1 aromatic rings. The zero-order chi connectivity index (χ0) is 9.30. The molecular weight excluding hydrogens is 286 g/mol. The molecule has 0 aliphatic carbocycles. The third kappa shape index (κ3) is 1.79. The van der Waals surface area contributed by atoms with Crippen molar-refractivity contribution in [1.29, 1.82) is 0 Å². The van der Waals surface area contributed by atoms with Crippen LogP contribution in [0.2, 0.25) is 0 Å². The van der Waals surface area contributed by atoms with Crippen LogP contribution < -0.4 is 5.56 Å². The normalized spacial score (nSPS) is 10.8. The van der Waals surface area contributed by atoms with E-state index in [1.165, 1.54) is 22.6 Å². The summed E-state index contributed by atoms with van der Waals surface area (Å²) in [5.41, 5.74) is -1.52. The standard InChI is InChI=1S/C6H3F3INO/c7-2-1-3(12)11-5(4(2)10)6(8)9/h1,6H,(H,11,12). The quantitative estimate of drug-likeness (QED) is 0.789. The first kappa shape index (κ1) is 9.56. The summed E-state index contributed by atoms with van der Waals surface area (Å²) in [5, 5.41) is 0. The molecule has 0 radical (unpaired) electrons. The number of hydrogen-bond donors (Lipinski definition) is 1. The first-order valence-corrected chi connectivity index (χ1v) is 3.96. The fraction of sp³-hybridized carbons (Fsp3) is 0.167. The highest BCUT2D eigenvalue weighted by Crippen LogP contribution is 2.22. The van der Waals surface area contributed by atoms with Gasteiger partial charge in [0.05, 0.1) is 3.57 Å². The first-order valence-electron chi connectivity index (χ1n) is 2.88. The number of pyridine rings is 1. The van der Waals surface area contributed by atoms with Crippen LogP contribution in [0.1, 0.15) is 12.1 Å². The van der Waals surface area contributed by atoms with Gasteiger partial charge in [-0.3, -0.25) is 4.79 Å². The molecule has 1 N–H and O–H groups in total. The number of H-pyrrole nitrogens is 1. The van der Waals surface area contributed by atoms with Gasteiger partial charge in [-0.2, -0.15) is 0 Å². The number of alkyl halides is 2. The maximum atomic E-state index is 12.6. The van der Waals surface area contributed by atoms with Crippen molar-refractivity contribution in [3.05, 3.63) is 31.5 Å². The van der Waals surface area contributed by atoms with E-state index in [2.05, 4.69) is 0 Å². The van der Waals surface area contributed by atoms with Crippen molar-refractivity contribution in [2.75, 3.05) is 0 Å². The van der Waals surface area contributed by atoms with Gasteiger partial charge in [0.2, 0.25) is 0 Å². The van der Waals surface area contributed by atoms with Crippen molar-refractivity contribution in [3.63, 3.8) is 0 Å². The topological polar surface area (TPSA) is 32.9 Å². The van der Waals surface area contributed by atoms with Crippen LogP contribution in [0.4, 0.5) is 13.2 Å². The minimum Gasteiger partial charge on any atom is -0.320 e. The summed E-state index contributed by atoms with van der Waals surface area (Å²) in [7, 11) is 0. The molecule has 0 aromatic carbocycles. The molecular formula is C6H3F3INO. The van der Waals surface area contributed by atoms with Crippen LogP contribution in [0.25, 0.3) is 0 Å². The summed E-state index contributed by atoms with van der Waals surface area (Å²) < 4.78 is 36.5. The van der Waals surface area contributed by atoms with Crippen LogP contribution in [0, 0.1) is 9.39 Å². The summed E-state index contributed by atoms with van der Waals surface area (Å²) in [6.45, 7) is 0. The monoisotopic (exact) mass is 289 g/mol. The van der Waals surface area contributed by atoms with E-state index in [1.54, 1.807) is 0 Å². The minimum absolute atomic E-state index is 0.248. The Hall–Kier alpha value is -0.530. The lowest BCUT2D eigenvalue weighted by atomic mass is 10.3. The van der Waals surface area contributed by atoms with E-state index < -0.39 is 23.5 Å². The smallest absolute Gasteiger partial charge is 0.279 e. The molecule has 12 heavy (non-hydrogen) atoms. The second kappa shape index (κ2) is 3.46. The Balaban J connectivity index is 3.38. The molecule has 1 heterocycles. The summed E-state index contributed by atoms with van der Waals surface area (Å²) in [6.07, 6.45) is -2.86. The first-order chi connectivity index (χ1) is 5.52. The van der Waals surface area contributed by atoms with Crippen molar-refractivity contribution in [2.45, 2.75) is 6.43 Å². The number of halogens is 4. The van der Waals surface area contributed by atoms with Gasteiger partial charge in [-0.1, -0.05) is 0 Å². The summed E-state index contributed by atoms with van der Waals surface area (Å²) in [5.74, 6) is -0.922. The summed E-state index contributed by atoms with van der Waals surface area (Å²) in [6, 6.07) is 0.633. The van der Waals surface area contributed by atoms with Gasteiger partial charge in [0.15, 0.2) is 0 Å². The molecule has 0 unspecified atom stereocenters. The van der Waals surface area contributed by atoms with Gasteiger partial charge in [0.25, 0.3) is 12.0 Å². The van der Waals surface area contributed by atoms with E-state index in [1.807, 2.05) is 4.98 Å². The highest BCUT2D eigenvalue weighted by molar-refractivity contribution is 14.1. The second-order valence-corrected chi connectivity index (χ2v) is 3.09. The van der Waals surface area contributed by atoms with Crippen LogP contribution in [0.15, 0.2) is 10.9 Å².